The van der Waals surface area contributed by atoms with Gasteiger partial charge in [-0.3, -0.25) is 57.5 Å². The van der Waals surface area contributed by atoms with Gasteiger partial charge in [0.25, 0.3) is 0 Å². The van der Waals surface area contributed by atoms with Gasteiger partial charge in [-0.1, -0.05) is 129 Å². The lowest BCUT2D eigenvalue weighted by Gasteiger charge is -2.44. The molecule has 9 atom stereocenters. The summed E-state index contributed by atoms with van der Waals surface area (Å²) >= 11 is 6.18. The number of rotatable bonds is 13. The second-order valence-electron chi connectivity index (χ2n) is 30.8. The number of likely N-dealkylation sites (tertiary alicyclic amines) is 1. The van der Waals surface area contributed by atoms with Crippen molar-refractivity contribution in [3.63, 3.8) is 0 Å². The summed E-state index contributed by atoms with van der Waals surface area (Å²) in [5.41, 5.74) is -2.38. The zero-order valence-corrected chi connectivity index (χ0v) is 63.8. The highest BCUT2D eigenvalue weighted by Gasteiger charge is 2.51. The normalized spacial score (nSPS) is 27.1. The number of carbonyl (C=O) groups is 12. The third-order valence-corrected chi connectivity index (χ3v) is 23.3. The molecule has 12 amide bonds. The smallest absolute Gasteiger partial charge is 0.343 e. The molecule has 0 bridgehead atoms. The SMILES string of the molecule is CCC[C@H]1C(=O)NC2(CCCC2)C(=O)N(C)[C@@H](C2CCCCC2)C(=O)N(C)[C@H](C(=O)N2CCCCC2)CC(=O)N(C)[C@@H](CC(C)C)C(=O)N[C@@H]([C@@H](C)CC)C(=O)N(C)CC(=O)N2CC[C@H]2C(=O)N(C)[C@@H](CC2CCCCC2)C(=O)N(C)CC(=O)N[C@@H](CCc2ccc(C(F)(F)F)c(Cl)c2)C(=O)N1C. The number of nitrogens with one attached hydrogen (secondary N) is 3. The van der Waals surface area contributed by atoms with Gasteiger partial charge in [0.1, 0.15) is 53.9 Å². The van der Waals surface area contributed by atoms with Crippen molar-refractivity contribution < 1.29 is 70.7 Å². The van der Waals surface area contributed by atoms with Crippen LogP contribution in [0.4, 0.5) is 13.2 Å². The standard InChI is InChI=1S/C75H116ClF3N12O12/c1-13-26-55-66(96)82-74(36-22-23-37-74)73(103)89(12)64(51-29-20-16-21-30-51)72(102)88(11)59(70(100)90-38-24-17-25-39-90)44-61(93)85(8)57(41-47(3)4)65(95)81-63(48(5)14-2)71(101)84(7)46-62(94)91-40-35-56(91)69(99)87(10)58(43-49-27-18-15-19-28-49)68(98)83(6)45-60(92)80-54(67(97)86(55)9)34-32-50-31-33-52(53(76)42-50)75(77,78)79/h31,33,42,47-49,51,54-59,63-64H,13-30,32,34-41,43-46H2,1-12H3,(H,80,92)(H,81,95)(H,82,96)/t48-,54-,55-,56-,57-,58-,59-,63-,64-/m0/s1. The summed E-state index contributed by atoms with van der Waals surface area (Å²) in [5.74, 6) is -8.60. The molecule has 28 heteroatoms. The molecule has 3 aliphatic carbocycles. The van der Waals surface area contributed by atoms with E-state index in [1.807, 2.05) is 20.8 Å². The van der Waals surface area contributed by atoms with Crippen LogP contribution in [0.3, 0.4) is 0 Å². The lowest BCUT2D eigenvalue weighted by molar-refractivity contribution is -0.158. The Balaban J connectivity index is 1.31. The van der Waals surface area contributed by atoms with Crippen molar-refractivity contribution in [2.75, 3.05) is 82.1 Å². The monoisotopic (exact) mass is 1470 g/mol. The van der Waals surface area contributed by atoms with Crippen LogP contribution in [0.5, 0.6) is 0 Å². The van der Waals surface area contributed by atoms with Gasteiger partial charge in [0, 0.05) is 69.0 Å². The average molecular weight is 1470 g/mol. The Labute approximate surface area is 612 Å². The maximum atomic E-state index is 15.9. The molecule has 3 heterocycles. The van der Waals surface area contributed by atoms with Crippen LogP contribution in [0, 0.1) is 23.7 Å². The number of aryl methyl sites for hydroxylation is 1. The zero-order valence-electron chi connectivity index (χ0n) is 63.0. The minimum absolute atomic E-state index is 0.0226. The van der Waals surface area contributed by atoms with Crippen LogP contribution in [0.15, 0.2) is 18.2 Å². The minimum Gasteiger partial charge on any atom is -0.343 e. The second-order valence-corrected chi connectivity index (χ2v) is 31.2. The molecule has 0 aromatic heterocycles. The van der Waals surface area contributed by atoms with E-state index in [9.17, 15) is 41.9 Å². The molecule has 3 saturated carbocycles. The second kappa shape index (κ2) is 37.3. The Bertz CT molecular complexity index is 3190. The van der Waals surface area contributed by atoms with Crippen LogP contribution in [-0.2, 0) is 70.1 Å². The average Bonchev–Trinajstić information content (AvgIpc) is 1.77. The van der Waals surface area contributed by atoms with Crippen molar-refractivity contribution in [1.29, 1.82) is 0 Å². The number of halogens is 4. The molecule has 576 valence electrons. The molecule has 103 heavy (non-hydrogen) atoms. The van der Waals surface area contributed by atoms with Crippen molar-refractivity contribution in [3.05, 3.63) is 34.3 Å². The van der Waals surface area contributed by atoms with Gasteiger partial charge in [0.2, 0.25) is 70.9 Å². The highest BCUT2D eigenvalue weighted by Crippen LogP contribution is 2.39. The van der Waals surface area contributed by atoms with Gasteiger partial charge in [0.15, 0.2) is 0 Å². The van der Waals surface area contributed by atoms with Crippen LogP contribution in [0.2, 0.25) is 5.02 Å². The Morgan fingerprint density at radius 1 is 0.612 bits per heavy atom. The number of alkyl halides is 3. The largest absolute Gasteiger partial charge is 0.417 e. The fourth-order valence-electron chi connectivity index (χ4n) is 16.2. The lowest BCUT2D eigenvalue weighted by Crippen LogP contribution is -2.65. The van der Waals surface area contributed by atoms with Gasteiger partial charge in [0.05, 0.1) is 30.1 Å². The molecular formula is C75H116ClF3N12O12. The summed E-state index contributed by atoms with van der Waals surface area (Å²) in [6.07, 6.45) is 7.21. The number of hydrogen-bond donors (Lipinski definition) is 3. The summed E-state index contributed by atoms with van der Waals surface area (Å²) in [7, 11) is 10.1. The van der Waals surface area contributed by atoms with Crippen LogP contribution in [0.25, 0.3) is 0 Å². The first kappa shape index (κ1) is 83.2. The number of benzene rings is 1. The van der Waals surface area contributed by atoms with E-state index in [2.05, 4.69) is 16.0 Å². The third kappa shape index (κ3) is 20.7. The molecule has 1 aromatic carbocycles. The maximum absolute atomic E-state index is 15.9. The van der Waals surface area contributed by atoms with Crippen molar-refractivity contribution in [1.82, 2.24) is 60.0 Å². The fraction of sp³-hybridized carbons (Fsp3) is 0.760. The molecule has 24 nitrogen and oxygen atoms in total. The van der Waals surface area contributed by atoms with Gasteiger partial charge in [-0.2, -0.15) is 13.2 Å². The van der Waals surface area contributed by atoms with Crippen molar-refractivity contribution in [2.24, 2.45) is 23.7 Å². The predicted octanol–water partition coefficient (Wildman–Crippen LogP) is 7.20. The lowest BCUT2D eigenvalue weighted by atomic mass is 9.81. The van der Waals surface area contributed by atoms with Crippen molar-refractivity contribution >= 4 is 82.5 Å². The highest BCUT2D eigenvalue weighted by atomic mass is 35.5. The van der Waals surface area contributed by atoms with E-state index in [0.29, 0.717) is 70.0 Å². The van der Waals surface area contributed by atoms with E-state index in [1.165, 1.54) is 89.7 Å². The summed E-state index contributed by atoms with van der Waals surface area (Å²) in [6, 6.07) is -6.68. The van der Waals surface area contributed by atoms with E-state index in [0.717, 1.165) is 74.8 Å². The molecule has 3 saturated heterocycles. The molecule has 1 spiro atoms. The Morgan fingerprint density at radius 3 is 1.79 bits per heavy atom. The summed E-state index contributed by atoms with van der Waals surface area (Å²) in [5, 5.41) is 8.21. The number of amides is 12. The molecular weight excluding hydrogens is 1350 g/mol. The predicted molar refractivity (Wildman–Crippen MR) is 383 cm³/mol. The summed E-state index contributed by atoms with van der Waals surface area (Å²) < 4.78 is 41.8. The topological polar surface area (TPSA) is 270 Å². The molecule has 7 rings (SSSR count). The van der Waals surface area contributed by atoms with Crippen molar-refractivity contribution in [2.45, 2.75) is 262 Å². The first-order valence-electron chi connectivity index (χ1n) is 37.8. The van der Waals surface area contributed by atoms with Crippen molar-refractivity contribution in [3.8, 4) is 0 Å². The van der Waals surface area contributed by atoms with Gasteiger partial charge in [-0.05, 0) is 125 Å². The maximum Gasteiger partial charge on any atom is 0.417 e. The number of fused-ring (bicyclic) bond motifs is 1. The first-order valence-corrected chi connectivity index (χ1v) is 38.2. The van der Waals surface area contributed by atoms with E-state index in [4.69, 9.17) is 11.6 Å². The number of hydrogen-bond acceptors (Lipinski definition) is 12. The van der Waals surface area contributed by atoms with E-state index >= 15 is 28.8 Å². The zero-order chi connectivity index (χ0) is 75.9. The van der Waals surface area contributed by atoms with Gasteiger partial charge < -0.3 is 60.0 Å². The molecule has 3 N–H and O–H groups in total. The summed E-state index contributed by atoms with van der Waals surface area (Å²) in [4.78, 5) is 193. The molecule has 6 aliphatic rings. The van der Waals surface area contributed by atoms with Gasteiger partial charge in [-0.25, -0.2) is 0 Å². The molecule has 1 aromatic rings. The van der Waals surface area contributed by atoms with E-state index in [1.54, 1.807) is 18.7 Å². The third-order valence-electron chi connectivity index (χ3n) is 23.0. The first-order chi connectivity index (χ1) is 48.7. The van der Waals surface area contributed by atoms with Crippen LogP contribution in [-0.4, -0.2) is 251 Å². The molecule has 3 aliphatic heterocycles. The van der Waals surface area contributed by atoms with Crippen LogP contribution < -0.4 is 16.0 Å². The Morgan fingerprint density at radius 2 is 1.21 bits per heavy atom. The number of piperidine rings is 1. The fourth-order valence-corrected chi connectivity index (χ4v) is 16.6. The number of likely N-dealkylation sites (N-methyl/N-ethyl adjacent to an activating group) is 7. The minimum atomic E-state index is -4.76. The number of carbonyl (C=O) groups excluding carboxylic acids is 12. The highest BCUT2D eigenvalue weighted by molar-refractivity contribution is 6.31. The quantitative estimate of drug-likeness (QED) is 0.177. The molecule has 6 fully saturated rings. The Hall–Kier alpha value is -7.06. The summed E-state index contributed by atoms with van der Waals surface area (Å²) in [6.45, 7) is 8.97. The number of nitrogens with zero attached hydrogens (tertiary/aromatic N) is 9. The van der Waals surface area contributed by atoms with Gasteiger partial charge in [-0.15, -0.1) is 0 Å². The Kier molecular flexibility index (Phi) is 30.1. The van der Waals surface area contributed by atoms with Crippen LogP contribution in [0.1, 0.15) is 206 Å². The van der Waals surface area contributed by atoms with E-state index < -0.39 is 173 Å². The van der Waals surface area contributed by atoms with Crippen LogP contribution >= 0.6 is 11.6 Å². The molecule has 0 radical (unpaired) electrons. The molecule has 0 unspecified atom stereocenters. The van der Waals surface area contributed by atoms with Gasteiger partial charge >= 0.3 is 6.18 Å². The van der Waals surface area contributed by atoms with E-state index in [-0.39, 0.29) is 69.7 Å².